The highest BCUT2D eigenvalue weighted by molar-refractivity contribution is 9.10. The molecule has 0 N–H and O–H groups in total. The van der Waals surface area contributed by atoms with Gasteiger partial charge in [0.25, 0.3) is 0 Å². The van der Waals surface area contributed by atoms with Crippen LogP contribution in [0.15, 0.2) is 41.1 Å². The first kappa shape index (κ1) is 9.40. The fourth-order valence-electron chi connectivity index (χ4n) is 1.25. The lowest BCUT2D eigenvalue weighted by Gasteiger charge is -2.01. The molecular formula is C10H8BrFN2. The molecule has 1 heterocycles. The largest absolute Gasteiger partial charge is 0.267 e. The van der Waals surface area contributed by atoms with E-state index in [0.29, 0.717) is 6.54 Å². The molecule has 0 fully saturated rings. The van der Waals surface area contributed by atoms with Gasteiger partial charge in [0.15, 0.2) is 0 Å². The lowest BCUT2D eigenvalue weighted by Crippen LogP contribution is -1.99. The third kappa shape index (κ3) is 2.20. The van der Waals surface area contributed by atoms with Crippen LogP contribution in [0.5, 0.6) is 0 Å². The summed E-state index contributed by atoms with van der Waals surface area (Å²) in [6.07, 6.45) is 3.56. The summed E-state index contributed by atoms with van der Waals surface area (Å²) in [5, 5.41) is 4.09. The van der Waals surface area contributed by atoms with Gasteiger partial charge in [-0.1, -0.05) is 12.1 Å². The molecule has 0 aliphatic rings. The quantitative estimate of drug-likeness (QED) is 0.806. The second-order valence-electron chi connectivity index (χ2n) is 2.99. The van der Waals surface area contributed by atoms with E-state index in [1.165, 1.54) is 12.1 Å². The molecule has 2 nitrogen and oxygen atoms in total. The minimum Gasteiger partial charge on any atom is -0.267 e. The predicted molar refractivity (Wildman–Crippen MR) is 55.4 cm³/mol. The summed E-state index contributed by atoms with van der Waals surface area (Å²) >= 11 is 3.30. The third-order valence-corrected chi connectivity index (χ3v) is 2.24. The van der Waals surface area contributed by atoms with Crippen LogP contribution in [0.1, 0.15) is 5.56 Å². The second-order valence-corrected chi connectivity index (χ2v) is 3.90. The van der Waals surface area contributed by atoms with Gasteiger partial charge < -0.3 is 0 Å². The Morgan fingerprint density at radius 1 is 1.43 bits per heavy atom. The van der Waals surface area contributed by atoms with Crippen molar-refractivity contribution < 1.29 is 4.39 Å². The van der Waals surface area contributed by atoms with Crippen LogP contribution in [0.3, 0.4) is 0 Å². The molecule has 0 aliphatic carbocycles. The molecule has 2 aromatic rings. The average Bonchev–Trinajstić information content (AvgIpc) is 2.51. The topological polar surface area (TPSA) is 17.8 Å². The number of rotatable bonds is 2. The molecule has 4 heteroatoms. The van der Waals surface area contributed by atoms with E-state index in [1.54, 1.807) is 16.9 Å². The van der Waals surface area contributed by atoms with E-state index >= 15 is 0 Å². The van der Waals surface area contributed by atoms with E-state index in [0.717, 1.165) is 10.0 Å². The molecule has 0 amide bonds. The van der Waals surface area contributed by atoms with Crippen molar-refractivity contribution >= 4 is 15.9 Å². The molecule has 0 unspecified atom stereocenters. The van der Waals surface area contributed by atoms with Crippen LogP contribution >= 0.6 is 15.9 Å². The highest BCUT2D eigenvalue weighted by atomic mass is 79.9. The second kappa shape index (κ2) is 3.92. The third-order valence-electron chi connectivity index (χ3n) is 1.84. The van der Waals surface area contributed by atoms with Crippen LogP contribution in [-0.4, -0.2) is 9.78 Å². The Labute approximate surface area is 89.5 Å². The van der Waals surface area contributed by atoms with E-state index in [1.807, 2.05) is 12.3 Å². The number of halogens is 2. The summed E-state index contributed by atoms with van der Waals surface area (Å²) in [4.78, 5) is 0. The molecule has 0 saturated heterocycles. The van der Waals surface area contributed by atoms with Crippen molar-refractivity contribution in [3.05, 3.63) is 52.5 Å². The zero-order chi connectivity index (χ0) is 9.97. The Hall–Kier alpha value is -1.16. The SMILES string of the molecule is Fc1cccc(Cn2cc(Br)cn2)c1. The smallest absolute Gasteiger partial charge is 0.123 e. The number of hydrogen-bond acceptors (Lipinski definition) is 1. The fraction of sp³-hybridized carbons (Fsp3) is 0.100. The number of aromatic nitrogens is 2. The van der Waals surface area contributed by atoms with Crippen molar-refractivity contribution in [3.63, 3.8) is 0 Å². The van der Waals surface area contributed by atoms with Crippen LogP contribution in [0.2, 0.25) is 0 Å². The highest BCUT2D eigenvalue weighted by Crippen LogP contribution is 2.09. The van der Waals surface area contributed by atoms with E-state index in [-0.39, 0.29) is 5.82 Å². The van der Waals surface area contributed by atoms with E-state index in [2.05, 4.69) is 21.0 Å². The lowest BCUT2D eigenvalue weighted by molar-refractivity contribution is 0.619. The summed E-state index contributed by atoms with van der Waals surface area (Å²) in [5.74, 6) is -0.214. The molecular weight excluding hydrogens is 247 g/mol. The Morgan fingerprint density at radius 2 is 2.29 bits per heavy atom. The van der Waals surface area contributed by atoms with Gasteiger partial charge in [-0.3, -0.25) is 4.68 Å². The van der Waals surface area contributed by atoms with Gasteiger partial charge in [0.2, 0.25) is 0 Å². The van der Waals surface area contributed by atoms with Gasteiger partial charge in [0.05, 0.1) is 17.2 Å². The lowest BCUT2D eigenvalue weighted by atomic mass is 10.2. The van der Waals surface area contributed by atoms with Crippen LogP contribution < -0.4 is 0 Å². The first-order chi connectivity index (χ1) is 6.74. The summed E-state index contributed by atoms with van der Waals surface area (Å²) in [5.41, 5.74) is 0.903. The Morgan fingerprint density at radius 3 is 2.93 bits per heavy atom. The van der Waals surface area contributed by atoms with Crippen LogP contribution in [0.25, 0.3) is 0 Å². The van der Waals surface area contributed by atoms with E-state index in [9.17, 15) is 4.39 Å². The molecule has 0 radical (unpaired) electrons. The van der Waals surface area contributed by atoms with Gasteiger partial charge in [0, 0.05) is 6.20 Å². The summed E-state index contributed by atoms with van der Waals surface area (Å²) in [6, 6.07) is 6.51. The monoisotopic (exact) mass is 254 g/mol. The maximum absolute atomic E-state index is 12.8. The molecule has 1 aromatic heterocycles. The molecule has 72 valence electrons. The highest BCUT2D eigenvalue weighted by Gasteiger charge is 1.98. The molecule has 2 rings (SSSR count). The average molecular weight is 255 g/mol. The summed E-state index contributed by atoms with van der Waals surface area (Å²) in [7, 11) is 0. The van der Waals surface area contributed by atoms with Gasteiger partial charge in [-0.05, 0) is 33.6 Å². The van der Waals surface area contributed by atoms with Crippen molar-refractivity contribution in [2.45, 2.75) is 6.54 Å². The number of benzene rings is 1. The maximum atomic E-state index is 12.8. The van der Waals surface area contributed by atoms with Gasteiger partial charge in [0.1, 0.15) is 5.82 Å². The summed E-state index contributed by atoms with van der Waals surface area (Å²) in [6.45, 7) is 0.587. The Balaban J connectivity index is 2.18. The van der Waals surface area contributed by atoms with Crippen molar-refractivity contribution in [2.24, 2.45) is 0 Å². The fourth-order valence-corrected chi connectivity index (χ4v) is 1.58. The van der Waals surface area contributed by atoms with E-state index < -0.39 is 0 Å². The first-order valence-corrected chi connectivity index (χ1v) is 4.96. The Bertz CT molecular complexity index is 439. The van der Waals surface area contributed by atoms with Crippen molar-refractivity contribution in [1.29, 1.82) is 0 Å². The zero-order valence-corrected chi connectivity index (χ0v) is 8.91. The predicted octanol–water partition coefficient (Wildman–Crippen LogP) is 2.83. The number of hydrogen-bond donors (Lipinski definition) is 0. The standard InChI is InChI=1S/C10H8BrFN2/c11-9-5-13-14(7-9)6-8-2-1-3-10(12)4-8/h1-5,7H,6H2. The molecule has 0 aliphatic heterocycles. The first-order valence-electron chi connectivity index (χ1n) is 4.16. The minimum absolute atomic E-state index is 0.214. The molecule has 0 saturated carbocycles. The van der Waals surface area contributed by atoms with E-state index in [4.69, 9.17) is 0 Å². The van der Waals surface area contributed by atoms with Crippen LogP contribution in [-0.2, 0) is 6.54 Å². The summed E-state index contributed by atoms with van der Waals surface area (Å²) < 4.78 is 15.5. The van der Waals surface area contributed by atoms with Gasteiger partial charge in [-0.25, -0.2) is 4.39 Å². The van der Waals surface area contributed by atoms with Gasteiger partial charge in [-0.2, -0.15) is 5.10 Å². The van der Waals surface area contributed by atoms with Crippen molar-refractivity contribution in [3.8, 4) is 0 Å². The maximum Gasteiger partial charge on any atom is 0.123 e. The van der Waals surface area contributed by atoms with Crippen LogP contribution in [0.4, 0.5) is 4.39 Å². The van der Waals surface area contributed by atoms with Crippen molar-refractivity contribution in [1.82, 2.24) is 9.78 Å². The molecule has 0 atom stereocenters. The molecule has 0 spiro atoms. The molecule has 0 bridgehead atoms. The Kier molecular flexibility index (Phi) is 2.63. The van der Waals surface area contributed by atoms with Gasteiger partial charge in [-0.15, -0.1) is 0 Å². The van der Waals surface area contributed by atoms with Gasteiger partial charge >= 0.3 is 0 Å². The van der Waals surface area contributed by atoms with Crippen molar-refractivity contribution in [2.75, 3.05) is 0 Å². The molecule has 14 heavy (non-hydrogen) atoms. The number of nitrogens with zero attached hydrogens (tertiary/aromatic N) is 2. The minimum atomic E-state index is -0.214. The normalized spacial score (nSPS) is 10.4. The molecule has 1 aromatic carbocycles. The van der Waals surface area contributed by atoms with Crippen LogP contribution in [0, 0.1) is 5.82 Å². The zero-order valence-electron chi connectivity index (χ0n) is 7.32.